The highest BCUT2D eigenvalue weighted by molar-refractivity contribution is 6.25. The smallest absolute Gasteiger partial charge is 0.0558 e. The van der Waals surface area contributed by atoms with Crippen LogP contribution in [0.1, 0.15) is 13.3 Å². The summed E-state index contributed by atoms with van der Waals surface area (Å²) in [6.45, 7) is 8.45. The molecule has 0 aromatic carbocycles. The van der Waals surface area contributed by atoms with Gasteiger partial charge in [-0.05, 0) is 32.0 Å². The molecule has 0 atom stereocenters. The van der Waals surface area contributed by atoms with Crippen molar-refractivity contribution in [3.05, 3.63) is 11.1 Å². The average Bonchev–Trinajstić information content (AvgIpc) is 2.45. The number of aliphatic hydroxyl groups excluding tert-OH is 1. The zero-order chi connectivity index (χ0) is 11.1. The van der Waals surface area contributed by atoms with Crippen LogP contribution in [0.2, 0.25) is 0 Å². The van der Waals surface area contributed by atoms with Gasteiger partial charge in [-0.1, -0.05) is 11.6 Å². The zero-order valence-corrected chi connectivity index (χ0v) is 10.2. The lowest BCUT2D eigenvalue weighted by molar-refractivity contribution is 0.198. The van der Waals surface area contributed by atoms with Gasteiger partial charge in [-0.2, -0.15) is 0 Å². The van der Waals surface area contributed by atoms with Crippen molar-refractivity contribution in [2.24, 2.45) is 0 Å². The second-order valence-corrected chi connectivity index (χ2v) is 4.37. The molecule has 3 nitrogen and oxygen atoms in total. The molecule has 0 unspecified atom stereocenters. The lowest BCUT2D eigenvalue weighted by Crippen LogP contribution is -2.33. The van der Waals surface area contributed by atoms with Crippen molar-refractivity contribution in [1.82, 2.24) is 9.80 Å². The maximum atomic E-state index is 8.88. The van der Waals surface area contributed by atoms with Gasteiger partial charge >= 0.3 is 0 Å². The van der Waals surface area contributed by atoms with Crippen LogP contribution in [0.15, 0.2) is 11.1 Å². The van der Waals surface area contributed by atoms with Crippen LogP contribution in [0.4, 0.5) is 0 Å². The van der Waals surface area contributed by atoms with Crippen molar-refractivity contribution >= 4 is 11.6 Å². The SMILES string of the molecule is CC(=CCl)CN1CCCN(CCO)CC1. The number of aliphatic hydroxyl groups is 1. The minimum Gasteiger partial charge on any atom is -0.395 e. The molecule has 88 valence electrons. The van der Waals surface area contributed by atoms with E-state index in [2.05, 4.69) is 16.7 Å². The summed E-state index contributed by atoms with van der Waals surface area (Å²) >= 11 is 5.66. The Hall–Kier alpha value is -0.0900. The van der Waals surface area contributed by atoms with E-state index in [9.17, 15) is 0 Å². The maximum absolute atomic E-state index is 8.88. The summed E-state index contributed by atoms with van der Waals surface area (Å²) in [6.07, 6.45) is 1.18. The van der Waals surface area contributed by atoms with Gasteiger partial charge in [0, 0.05) is 31.7 Å². The number of hydrogen-bond donors (Lipinski definition) is 1. The van der Waals surface area contributed by atoms with E-state index in [4.69, 9.17) is 16.7 Å². The predicted molar refractivity (Wildman–Crippen MR) is 64.2 cm³/mol. The molecular formula is C11H21ClN2O. The molecule has 1 N–H and O–H groups in total. The number of β-amino-alcohol motifs (C(OH)–C–C–N with tert-alkyl or cyclic N) is 1. The highest BCUT2D eigenvalue weighted by atomic mass is 35.5. The lowest BCUT2D eigenvalue weighted by Gasteiger charge is -2.21. The fraction of sp³-hybridized carbons (Fsp3) is 0.818. The summed E-state index contributed by atoms with van der Waals surface area (Å²) < 4.78 is 0. The van der Waals surface area contributed by atoms with Gasteiger partial charge in [-0.3, -0.25) is 9.80 Å². The Morgan fingerprint density at radius 1 is 1.27 bits per heavy atom. The van der Waals surface area contributed by atoms with Gasteiger partial charge in [-0.15, -0.1) is 0 Å². The Labute approximate surface area is 97.3 Å². The summed E-state index contributed by atoms with van der Waals surface area (Å²) in [6, 6.07) is 0. The predicted octanol–water partition coefficient (Wildman–Crippen LogP) is 1.13. The van der Waals surface area contributed by atoms with E-state index in [1.54, 1.807) is 5.54 Å². The normalized spacial score (nSPS) is 21.7. The molecule has 1 heterocycles. The van der Waals surface area contributed by atoms with Crippen molar-refractivity contribution in [2.45, 2.75) is 13.3 Å². The molecule has 4 heteroatoms. The Kier molecular flexibility index (Phi) is 6.25. The van der Waals surface area contributed by atoms with Gasteiger partial charge in [0.05, 0.1) is 6.61 Å². The highest BCUT2D eigenvalue weighted by Gasteiger charge is 2.13. The van der Waals surface area contributed by atoms with E-state index in [1.165, 1.54) is 12.0 Å². The quantitative estimate of drug-likeness (QED) is 0.787. The van der Waals surface area contributed by atoms with Gasteiger partial charge < -0.3 is 5.11 Å². The third-order valence-electron chi connectivity index (χ3n) is 2.76. The minimum atomic E-state index is 0.264. The Balaban J connectivity index is 2.32. The number of halogens is 1. The molecule has 0 aromatic rings. The van der Waals surface area contributed by atoms with Crippen LogP contribution in [-0.4, -0.2) is 60.8 Å². The van der Waals surface area contributed by atoms with Crippen molar-refractivity contribution in [1.29, 1.82) is 0 Å². The molecule has 1 rings (SSSR count). The van der Waals surface area contributed by atoms with Crippen LogP contribution in [0.5, 0.6) is 0 Å². The summed E-state index contributed by atoms with van der Waals surface area (Å²) in [5, 5.41) is 8.88. The molecule has 1 aliphatic heterocycles. The van der Waals surface area contributed by atoms with E-state index < -0.39 is 0 Å². The molecule has 1 aliphatic rings. The first kappa shape index (κ1) is 13.0. The molecule has 0 aromatic heterocycles. The minimum absolute atomic E-state index is 0.264. The maximum Gasteiger partial charge on any atom is 0.0558 e. The van der Waals surface area contributed by atoms with Crippen LogP contribution in [0.25, 0.3) is 0 Å². The highest BCUT2D eigenvalue weighted by Crippen LogP contribution is 2.06. The van der Waals surface area contributed by atoms with Crippen LogP contribution in [0.3, 0.4) is 0 Å². The topological polar surface area (TPSA) is 26.7 Å². The van der Waals surface area contributed by atoms with Gasteiger partial charge in [0.2, 0.25) is 0 Å². The first-order valence-electron chi connectivity index (χ1n) is 5.57. The summed E-state index contributed by atoms with van der Waals surface area (Å²) in [7, 11) is 0. The summed E-state index contributed by atoms with van der Waals surface area (Å²) in [5.74, 6) is 0. The standard InChI is InChI=1S/C11H21ClN2O/c1-11(9-12)10-14-4-2-3-13(5-6-14)7-8-15/h9,15H,2-8,10H2,1H3. The summed E-state index contributed by atoms with van der Waals surface area (Å²) in [4.78, 5) is 4.74. The largest absolute Gasteiger partial charge is 0.395 e. The number of hydrogen-bond acceptors (Lipinski definition) is 3. The van der Waals surface area contributed by atoms with E-state index in [1.807, 2.05) is 0 Å². The van der Waals surface area contributed by atoms with Gasteiger partial charge in [0.25, 0.3) is 0 Å². The number of nitrogens with zero attached hydrogens (tertiary/aromatic N) is 2. The third kappa shape index (κ3) is 4.98. The van der Waals surface area contributed by atoms with Gasteiger partial charge in [0.1, 0.15) is 0 Å². The Morgan fingerprint density at radius 3 is 2.60 bits per heavy atom. The molecule has 15 heavy (non-hydrogen) atoms. The second-order valence-electron chi connectivity index (χ2n) is 4.15. The van der Waals surface area contributed by atoms with Gasteiger partial charge in [0.15, 0.2) is 0 Å². The fourth-order valence-electron chi connectivity index (χ4n) is 1.93. The molecular weight excluding hydrogens is 212 g/mol. The zero-order valence-electron chi connectivity index (χ0n) is 9.45. The van der Waals surface area contributed by atoms with Crippen molar-refractivity contribution in [3.8, 4) is 0 Å². The van der Waals surface area contributed by atoms with Crippen LogP contribution in [-0.2, 0) is 0 Å². The lowest BCUT2D eigenvalue weighted by atomic mass is 10.3. The number of rotatable bonds is 4. The first-order chi connectivity index (χ1) is 7.26. The van der Waals surface area contributed by atoms with E-state index in [0.717, 1.165) is 39.3 Å². The molecule has 1 fully saturated rings. The fourth-order valence-corrected chi connectivity index (χ4v) is 2.00. The average molecular weight is 233 g/mol. The van der Waals surface area contributed by atoms with Crippen LogP contribution in [0, 0.1) is 0 Å². The molecule has 0 bridgehead atoms. The Morgan fingerprint density at radius 2 is 1.93 bits per heavy atom. The molecule has 0 spiro atoms. The molecule has 0 amide bonds. The molecule has 0 saturated carbocycles. The van der Waals surface area contributed by atoms with E-state index in [0.29, 0.717) is 0 Å². The summed E-state index contributed by atoms with van der Waals surface area (Å²) in [5.41, 5.74) is 2.88. The molecule has 1 saturated heterocycles. The monoisotopic (exact) mass is 232 g/mol. The van der Waals surface area contributed by atoms with Gasteiger partial charge in [-0.25, -0.2) is 0 Å². The first-order valence-corrected chi connectivity index (χ1v) is 6.01. The van der Waals surface area contributed by atoms with Crippen molar-refractivity contribution in [2.75, 3.05) is 45.9 Å². The van der Waals surface area contributed by atoms with Crippen LogP contribution >= 0.6 is 11.6 Å². The van der Waals surface area contributed by atoms with Crippen LogP contribution < -0.4 is 0 Å². The van der Waals surface area contributed by atoms with Crippen molar-refractivity contribution in [3.63, 3.8) is 0 Å². The third-order valence-corrected chi connectivity index (χ3v) is 3.13. The van der Waals surface area contributed by atoms with Crippen molar-refractivity contribution < 1.29 is 5.11 Å². The van der Waals surface area contributed by atoms with E-state index in [-0.39, 0.29) is 6.61 Å². The Bertz CT molecular complexity index is 209. The second kappa shape index (κ2) is 7.23. The molecule has 0 aliphatic carbocycles. The molecule has 0 radical (unpaired) electrons. The van der Waals surface area contributed by atoms with E-state index >= 15 is 0 Å².